The van der Waals surface area contributed by atoms with Gasteiger partial charge in [0.1, 0.15) is 0 Å². The molecule has 2 atom stereocenters. The number of rotatable bonds is 4. The van der Waals surface area contributed by atoms with E-state index >= 15 is 0 Å². The van der Waals surface area contributed by atoms with Crippen LogP contribution in [0.25, 0.3) is 0 Å². The van der Waals surface area contributed by atoms with E-state index in [1.54, 1.807) is 0 Å². The highest BCUT2D eigenvalue weighted by molar-refractivity contribution is 5.86. The Bertz CT molecular complexity index is 260. The molecule has 1 fully saturated rings. The van der Waals surface area contributed by atoms with Gasteiger partial charge in [-0.05, 0) is 17.8 Å². The Morgan fingerprint density at radius 1 is 1.57 bits per heavy atom. The van der Waals surface area contributed by atoms with Crippen LogP contribution in [0.15, 0.2) is 0 Å². The molecule has 0 saturated heterocycles. The van der Waals surface area contributed by atoms with E-state index < -0.39 is 5.97 Å². The van der Waals surface area contributed by atoms with E-state index in [1.807, 2.05) is 13.8 Å². The van der Waals surface area contributed by atoms with Gasteiger partial charge in [-0.2, -0.15) is 0 Å². The van der Waals surface area contributed by atoms with Crippen LogP contribution < -0.4 is 0 Å². The Balaban J connectivity index is 2.58. The summed E-state index contributed by atoms with van der Waals surface area (Å²) >= 11 is 0. The molecular formula is C10H17NO3. The number of hydrogen-bond acceptors (Lipinski definition) is 3. The average molecular weight is 199 g/mol. The lowest BCUT2D eigenvalue weighted by Gasteiger charge is -2.52. The van der Waals surface area contributed by atoms with Gasteiger partial charge in [0, 0.05) is 18.1 Å². The predicted molar refractivity (Wildman–Crippen MR) is 52.4 cm³/mol. The fourth-order valence-electron chi connectivity index (χ4n) is 2.27. The number of carboxylic acids is 1. The van der Waals surface area contributed by atoms with E-state index in [-0.39, 0.29) is 30.3 Å². The molecule has 2 unspecified atom stereocenters. The summed E-state index contributed by atoms with van der Waals surface area (Å²) in [7, 11) is 0. The minimum absolute atomic E-state index is 0.0526. The van der Waals surface area contributed by atoms with Crippen molar-refractivity contribution in [3.63, 3.8) is 0 Å². The molecule has 0 aromatic rings. The Hall–Kier alpha value is -0.900. The summed E-state index contributed by atoms with van der Waals surface area (Å²) in [5.74, 6) is -0.592. The summed E-state index contributed by atoms with van der Waals surface area (Å²) in [6.07, 6.45) is 0.890. The largest absolute Gasteiger partial charge is 0.481 e. The van der Waals surface area contributed by atoms with Crippen molar-refractivity contribution in [1.82, 2.24) is 0 Å². The molecule has 4 heteroatoms. The number of aliphatic carboxylic acids is 1. The van der Waals surface area contributed by atoms with E-state index in [1.165, 1.54) is 0 Å². The zero-order valence-electron chi connectivity index (χ0n) is 8.58. The van der Waals surface area contributed by atoms with Gasteiger partial charge < -0.3 is 15.6 Å². The molecule has 0 radical (unpaired) electrons. The van der Waals surface area contributed by atoms with Gasteiger partial charge in [-0.1, -0.05) is 13.8 Å². The lowest BCUT2D eigenvalue weighted by atomic mass is 9.52. The Morgan fingerprint density at radius 2 is 2.14 bits per heavy atom. The third-order valence-corrected chi connectivity index (χ3v) is 3.48. The molecule has 14 heavy (non-hydrogen) atoms. The third kappa shape index (κ3) is 1.80. The first-order valence-electron chi connectivity index (χ1n) is 4.79. The summed E-state index contributed by atoms with van der Waals surface area (Å²) in [4.78, 5) is 10.5. The van der Waals surface area contributed by atoms with Gasteiger partial charge in [0.2, 0.25) is 0 Å². The Kier molecular flexibility index (Phi) is 2.95. The van der Waals surface area contributed by atoms with Crippen molar-refractivity contribution >= 4 is 11.7 Å². The normalized spacial score (nSPS) is 29.4. The summed E-state index contributed by atoms with van der Waals surface area (Å²) < 4.78 is 0. The highest BCUT2D eigenvalue weighted by Crippen LogP contribution is 2.53. The Labute approximate surface area is 83.5 Å². The highest BCUT2D eigenvalue weighted by Gasteiger charge is 2.50. The average Bonchev–Trinajstić information content (AvgIpc) is 2.10. The topological polar surface area (TPSA) is 81.4 Å². The molecule has 1 aliphatic rings. The van der Waals surface area contributed by atoms with E-state index in [0.717, 1.165) is 6.42 Å². The van der Waals surface area contributed by atoms with Crippen molar-refractivity contribution in [2.75, 3.05) is 6.61 Å². The number of hydrogen-bond donors (Lipinski definition) is 3. The summed E-state index contributed by atoms with van der Waals surface area (Å²) in [6.45, 7) is 3.73. The van der Waals surface area contributed by atoms with Gasteiger partial charge in [0.05, 0.1) is 6.61 Å². The van der Waals surface area contributed by atoms with Gasteiger partial charge in [-0.15, -0.1) is 0 Å². The van der Waals surface area contributed by atoms with Crippen molar-refractivity contribution in [3.05, 3.63) is 0 Å². The molecule has 3 N–H and O–H groups in total. The van der Waals surface area contributed by atoms with Gasteiger partial charge in [-0.25, -0.2) is 0 Å². The first kappa shape index (κ1) is 11.2. The van der Waals surface area contributed by atoms with Crippen LogP contribution in [-0.4, -0.2) is 28.5 Å². The zero-order valence-corrected chi connectivity index (χ0v) is 8.58. The van der Waals surface area contributed by atoms with Crippen molar-refractivity contribution in [2.45, 2.75) is 26.7 Å². The van der Waals surface area contributed by atoms with Crippen molar-refractivity contribution in [1.29, 1.82) is 5.41 Å². The van der Waals surface area contributed by atoms with Crippen LogP contribution in [0.4, 0.5) is 0 Å². The van der Waals surface area contributed by atoms with Gasteiger partial charge in [0.25, 0.3) is 0 Å². The fraction of sp³-hybridized carbons (Fsp3) is 0.800. The lowest BCUT2D eigenvalue weighted by Crippen LogP contribution is -2.50. The second-order valence-electron chi connectivity index (χ2n) is 4.59. The maximum absolute atomic E-state index is 10.5. The molecular weight excluding hydrogens is 182 g/mol. The first-order valence-corrected chi connectivity index (χ1v) is 4.79. The van der Waals surface area contributed by atoms with Gasteiger partial charge >= 0.3 is 5.97 Å². The van der Waals surface area contributed by atoms with E-state index in [2.05, 4.69) is 0 Å². The molecule has 0 aromatic heterocycles. The van der Waals surface area contributed by atoms with Crippen LogP contribution in [0.2, 0.25) is 0 Å². The van der Waals surface area contributed by atoms with Crippen molar-refractivity contribution in [3.8, 4) is 0 Å². The fourth-order valence-corrected chi connectivity index (χ4v) is 2.27. The second-order valence-corrected chi connectivity index (χ2v) is 4.59. The molecule has 0 aromatic carbocycles. The minimum Gasteiger partial charge on any atom is -0.481 e. The first-order chi connectivity index (χ1) is 6.39. The number of carboxylic acid groups (broad SMARTS) is 1. The predicted octanol–water partition coefficient (Wildman–Crippen LogP) is 1.14. The van der Waals surface area contributed by atoms with Crippen LogP contribution in [-0.2, 0) is 4.79 Å². The molecule has 4 nitrogen and oxygen atoms in total. The minimum atomic E-state index is -0.781. The molecule has 0 amide bonds. The SMILES string of the molecule is CC1(C)C(CC(=O)O)CC1C(=N)CO. The quantitative estimate of drug-likeness (QED) is 0.594. The third-order valence-electron chi connectivity index (χ3n) is 3.48. The Morgan fingerprint density at radius 3 is 2.50 bits per heavy atom. The number of carbonyl (C=O) groups is 1. The van der Waals surface area contributed by atoms with Crippen LogP contribution in [0.5, 0.6) is 0 Å². The maximum atomic E-state index is 10.5. The maximum Gasteiger partial charge on any atom is 0.303 e. The monoisotopic (exact) mass is 199 g/mol. The van der Waals surface area contributed by atoms with Crippen LogP contribution in [0.1, 0.15) is 26.7 Å². The lowest BCUT2D eigenvalue weighted by molar-refractivity contribution is -0.142. The summed E-state index contributed by atoms with van der Waals surface area (Å²) in [5.41, 5.74) is 0.176. The molecule has 0 heterocycles. The van der Waals surface area contributed by atoms with Crippen molar-refractivity contribution in [2.24, 2.45) is 17.3 Å². The van der Waals surface area contributed by atoms with Crippen LogP contribution in [0, 0.1) is 22.7 Å². The molecule has 1 rings (SSSR count). The molecule has 0 bridgehead atoms. The number of aliphatic hydroxyl groups is 1. The smallest absolute Gasteiger partial charge is 0.303 e. The number of aliphatic hydroxyl groups excluding tert-OH is 1. The molecule has 80 valence electrons. The molecule has 1 saturated carbocycles. The molecule has 1 aliphatic carbocycles. The molecule has 0 spiro atoms. The number of nitrogens with one attached hydrogen (secondary N) is 1. The summed E-state index contributed by atoms with van der Waals surface area (Å²) in [6, 6.07) is 0. The van der Waals surface area contributed by atoms with Crippen molar-refractivity contribution < 1.29 is 15.0 Å². The van der Waals surface area contributed by atoms with Gasteiger partial charge in [0.15, 0.2) is 0 Å². The highest BCUT2D eigenvalue weighted by atomic mass is 16.4. The van der Waals surface area contributed by atoms with Gasteiger partial charge in [-0.3, -0.25) is 4.79 Å². The molecule has 0 aliphatic heterocycles. The van der Waals surface area contributed by atoms with Crippen LogP contribution in [0.3, 0.4) is 0 Å². The standard InChI is InChI=1S/C10H17NO3/c1-10(2)6(4-9(13)14)3-7(10)8(11)5-12/h6-7,11-12H,3-5H2,1-2H3,(H,13,14). The van der Waals surface area contributed by atoms with E-state index in [4.69, 9.17) is 15.6 Å². The summed E-state index contributed by atoms with van der Waals surface area (Å²) in [5, 5.41) is 25.0. The van der Waals surface area contributed by atoms with E-state index in [9.17, 15) is 4.79 Å². The second kappa shape index (κ2) is 3.69. The zero-order chi connectivity index (χ0) is 10.9. The van der Waals surface area contributed by atoms with E-state index in [0.29, 0.717) is 5.71 Å². The van der Waals surface area contributed by atoms with Crippen LogP contribution >= 0.6 is 0 Å².